The van der Waals surface area contributed by atoms with E-state index in [1.54, 1.807) is 17.0 Å². The topological polar surface area (TPSA) is 89.6 Å². The second-order valence-electron chi connectivity index (χ2n) is 5.71. The molecule has 124 valence electrons. The van der Waals surface area contributed by atoms with Crippen molar-refractivity contribution in [1.29, 1.82) is 0 Å². The zero-order chi connectivity index (χ0) is 17.4. The highest BCUT2D eigenvalue weighted by Crippen LogP contribution is 2.24. The molecule has 0 saturated heterocycles. The average molecular weight is 333 g/mol. The molecule has 4 aromatic rings. The standard InChI is InChI=1S/C18H15N5O2/c1-11-5-4-8-19-15(11)17-21-16(22-25-17)13-6-3-7-14(9-13)23-12(2)10-20-18(23)24/h3-10H,1-2H3,(H,20,24). The van der Waals surface area contributed by atoms with Gasteiger partial charge < -0.3 is 9.51 Å². The Kier molecular flexibility index (Phi) is 3.53. The Hall–Kier alpha value is -3.48. The first-order valence-corrected chi connectivity index (χ1v) is 7.77. The molecule has 1 N–H and O–H groups in total. The number of nitrogens with zero attached hydrogens (tertiary/aromatic N) is 4. The number of H-pyrrole nitrogens is 1. The Morgan fingerprint density at radius 2 is 2.04 bits per heavy atom. The maximum atomic E-state index is 12.0. The van der Waals surface area contributed by atoms with Crippen LogP contribution in [0.25, 0.3) is 28.7 Å². The van der Waals surface area contributed by atoms with Crippen LogP contribution in [0.15, 0.2) is 58.1 Å². The van der Waals surface area contributed by atoms with Crippen LogP contribution in [0.1, 0.15) is 11.3 Å². The zero-order valence-electron chi connectivity index (χ0n) is 13.7. The van der Waals surface area contributed by atoms with Crippen LogP contribution in [0.5, 0.6) is 0 Å². The zero-order valence-corrected chi connectivity index (χ0v) is 13.7. The first-order valence-electron chi connectivity index (χ1n) is 7.77. The lowest BCUT2D eigenvalue weighted by Gasteiger charge is -2.05. The van der Waals surface area contributed by atoms with Crippen LogP contribution in [0.4, 0.5) is 0 Å². The van der Waals surface area contributed by atoms with Crippen molar-refractivity contribution in [2.75, 3.05) is 0 Å². The van der Waals surface area contributed by atoms with Gasteiger partial charge in [0.1, 0.15) is 5.69 Å². The molecule has 7 nitrogen and oxygen atoms in total. The van der Waals surface area contributed by atoms with Crippen molar-refractivity contribution in [2.45, 2.75) is 13.8 Å². The van der Waals surface area contributed by atoms with E-state index in [0.29, 0.717) is 17.4 Å². The Bertz CT molecular complexity index is 1110. The fraction of sp³-hybridized carbons (Fsp3) is 0.111. The maximum Gasteiger partial charge on any atom is 0.330 e. The molecule has 7 heteroatoms. The fourth-order valence-corrected chi connectivity index (χ4v) is 2.71. The molecule has 0 amide bonds. The highest BCUT2D eigenvalue weighted by atomic mass is 16.5. The van der Waals surface area contributed by atoms with Gasteiger partial charge in [-0.05, 0) is 37.6 Å². The SMILES string of the molecule is Cc1cccnc1-c1nc(-c2cccc(-n3c(C)c[nH]c3=O)c2)no1. The summed E-state index contributed by atoms with van der Waals surface area (Å²) in [6.07, 6.45) is 3.36. The minimum atomic E-state index is -0.187. The molecule has 4 rings (SSSR count). The quantitative estimate of drug-likeness (QED) is 0.622. The van der Waals surface area contributed by atoms with Crippen LogP contribution in [0.2, 0.25) is 0 Å². The number of nitrogens with one attached hydrogen (secondary N) is 1. The molecule has 1 aromatic carbocycles. The largest absolute Gasteiger partial charge is 0.332 e. The van der Waals surface area contributed by atoms with Gasteiger partial charge >= 0.3 is 5.69 Å². The number of imidazole rings is 1. The first kappa shape index (κ1) is 15.1. The van der Waals surface area contributed by atoms with E-state index in [9.17, 15) is 4.79 Å². The van der Waals surface area contributed by atoms with Gasteiger partial charge in [0.25, 0.3) is 5.89 Å². The summed E-state index contributed by atoms with van der Waals surface area (Å²) in [5.74, 6) is 0.816. The molecule has 0 aliphatic heterocycles. The number of aromatic nitrogens is 5. The van der Waals surface area contributed by atoms with Gasteiger partial charge in [0.15, 0.2) is 0 Å². The molecule has 25 heavy (non-hydrogen) atoms. The Balaban J connectivity index is 1.76. The van der Waals surface area contributed by atoms with Crippen LogP contribution in [-0.2, 0) is 0 Å². The Labute approximate surface area is 143 Å². The van der Waals surface area contributed by atoms with Gasteiger partial charge in [-0.1, -0.05) is 23.4 Å². The summed E-state index contributed by atoms with van der Waals surface area (Å²) in [6, 6.07) is 11.2. The summed E-state index contributed by atoms with van der Waals surface area (Å²) < 4.78 is 6.96. The minimum Gasteiger partial charge on any atom is -0.332 e. The molecule has 0 atom stereocenters. The molecular formula is C18H15N5O2. The maximum absolute atomic E-state index is 12.0. The van der Waals surface area contributed by atoms with Crippen LogP contribution < -0.4 is 5.69 Å². The smallest absolute Gasteiger partial charge is 0.330 e. The molecule has 0 spiro atoms. The fourth-order valence-electron chi connectivity index (χ4n) is 2.71. The van der Waals surface area contributed by atoms with Crippen LogP contribution in [0.3, 0.4) is 0 Å². The molecule has 0 fully saturated rings. The van der Waals surface area contributed by atoms with E-state index in [2.05, 4.69) is 20.1 Å². The molecule has 0 radical (unpaired) electrons. The third kappa shape index (κ3) is 2.65. The van der Waals surface area contributed by atoms with Crippen LogP contribution in [-0.4, -0.2) is 24.7 Å². The van der Waals surface area contributed by atoms with Gasteiger partial charge in [0, 0.05) is 23.7 Å². The lowest BCUT2D eigenvalue weighted by Crippen LogP contribution is -2.15. The first-order chi connectivity index (χ1) is 12.1. The number of benzene rings is 1. The summed E-state index contributed by atoms with van der Waals surface area (Å²) in [6.45, 7) is 3.80. The molecule has 0 bridgehead atoms. The molecular weight excluding hydrogens is 318 g/mol. The van der Waals surface area contributed by atoms with Crippen LogP contribution >= 0.6 is 0 Å². The predicted molar refractivity (Wildman–Crippen MR) is 92.4 cm³/mol. The lowest BCUT2D eigenvalue weighted by molar-refractivity contribution is 0.430. The van der Waals surface area contributed by atoms with Crippen LogP contribution in [0, 0.1) is 13.8 Å². The van der Waals surface area contributed by atoms with E-state index in [-0.39, 0.29) is 5.69 Å². The predicted octanol–water partition coefficient (Wildman–Crippen LogP) is 2.89. The molecule has 0 aliphatic rings. The Morgan fingerprint density at radius 1 is 1.16 bits per heavy atom. The van der Waals surface area contributed by atoms with E-state index in [0.717, 1.165) is 22.5 Å². The summed E-state index contributed by atoms with van der Waals surface area (Å²) in [7, 11) is 0. The van der Waals surface area contributed by atoms with Gasteiger partial charge in [-0.15, -0.1) is 0 Å². The van der Waals surface area contributed by atoms with E-state index in [1.807, 2.05) is 50.2 Å². The lowest BCUT2D eigenvalue weighted by atomic mass is 10.2. The normalized spacial score (nSPS) is 11.0. The number of rotatable bonds is 3. The van der Waals surface area contributed by atoms with Gasteiger partial charge in [0.2, 0.25) is 5.82 Å². The van der Waals surface area contributed by atoms with Crippen molar-refractivity contribution < 1.29 is 4.52 Å². The highest BCUT2D eigenvalue weighted by Gasteiger charge is 2.14. The number of aryl methyl sites for hydroxylation is 2. The second kappa shape index (κ2) is 5.86. The molecule has 0 saturated carbocycles. The monoisotopic (exact) mass is 333 g/mol. The van der Waals surface area contributed by atoms with Crippen molar-refractivity contribution in [3.05, 3.63) is 70.5 Å². The van der Waals surface area contributed by atoms with Crippen molar-refractivity contribution in [1.82, 2.24) is 24.7 Å². The second-order valence-corrected chi connectivity index (χ2v) is 5.71. The number of aromatic amines is 1. The summed E-state index contributed by atoms with van der Waals surface area (Å²) in [5.41, 5.74) is 3.75. The van der Waals surface area contributed by atoms with Gasteiger partial charge in [-0.25, -0.2) is 4.79 Å². The van der Waals surface area contributed by atoms with E-state index in [4.69, 9.17) is 4.52 Å². The van der Waals surface area contributed by atoms with E-state index in [1.165, 1.54) is 0 Å². The third-order valence-electron chi connectivity index (χ3n) is 3.96. The third-order valence-corrected chi connectivity index (χ3v) is 3.96. The number of hydrogen-bond acceptors (Lipinski definition) is 5. The summed E-state index contributed by atoms with van der Waals surface area (Å²) in [4.78, 5) is 23.4. The molecule has 3 aromatic heterocycles. The van der Waals surface area contributed by atoms with Gasteiger partial charge in [0.05, 0.1) is 5.69 Å². The van der Waals surface area contributed by atoms with Crippen molar-refractivity contribution >= 4 is 0 Å². The van der Waals surface area contributed by atoms with Crippen molar-refractivity contribution in [3.8, 4) is 28.7 Å². The van der Waals surface area contributed by atoms with E-state index < -0.39 is 0 Å². The molecule has 0 unspecified atom stereocenters. The summed E-state index contributed by atoms with van der Waals surface area (Å²) >= 11 is 0. The summed E-state index contributed by atoms with van der Waals surface area (Å²) in [5, 5.41) is 4.05. The number of hydrogen-bond donors (Lipinski definition) is 1. The molecule has 3 heterocycles. The van der Waals surface area contributed by atoms with Gasteiger partial charge in [-0.2, -0.15) is 4.98 Å². The average Bonchev–Trinajstić information content (AvgIpc) is 3.23. The highest BCUT2D eigenvalue weighted by molar-refractivity contribution is 5.62. The molecule has 0 aliphatic carbocycles. The minimum absolute atomic E-state index is 0.187. The van der Waals surface area contributed by atoms with Crippen molar-refractivity contribution in [2.24, 2.45) is 0 Å². The Morgan fingerprint density at radius 3 is 2.80 bits per heavy atom. The van der Waals surface area contributed by atoms with E-state index >= 15 is 0 Å². The number of pyridine rings is 1. The van der Waals surface area contributed by atoms with Crippen molar-refractivity contribution in [3.63, 3.8) is 0 Å². The van der Waals surface area contributed by atoms with Gasteiger partial charge in [-0.3, -0.25) is 9.55 Å².